The van der Waals surface area contributed by atoms with E-state index in [9.17, 15) is 9.18 Å². The zero-order valence-corrected chi connectivity index (χ0v) is 18.4. The van der Waals surface area contributed by atoms with Crippen LogP contribution in [0.25, 0.3) is 17.3 Å². The number of carbonyl (C=O) groups is 1. The van der Waals surface area contributed by atoms with Gasteiger partial charge < -0.3 is 5.32 Å². The number of carbonyl (C=O) groups excluding carboxylic acids is 1. The third-order valence-electron chi connectivity index (χ3n) is 4.87. The number of thioether (sulfide) groups is 1. The first-order valence-electron chi connectivity index (χ1n) is 10.1. The van der Waals surface area contributed by atoms with Crippen molar-refractivity contribution in [2.45, 2.75) is 10.6 Å². The Bertz CT molecular complexity index is 1220. The summed E-state index contributed by atoms with van der Waals surface area (Å²) in [4.78, 5) is 13.6. The summed E-state index contributed by atoms with van der Waals surface area (Å²) >= 11 is 1.77. The minimum atomic E-state index is -0.294. The maximum absolute atomic E-state index is 13.2. The van der Waals surface area contributed by atoms with Crippen LogP contribution in [0.1, 0.15) is 11.1 Å². The van der Waals surface area contributed by atoms with Crippen molar-refractivity contribution in [3.63, 3.8) is 0 Å². The van der Waals surface area contributed by atoms with Gasteiger partial charge in [-0.05, 0) is 60.2 Å². The second-order valence-corrected chi connectivity index (χ2v) is 8.25. The number of hydrogen-bond donors (Lipinski definition) is 1. The number of halogens is 1. The molecule has 1 N–H and O–H groups in total. The van der Waals surface area contributed by atoms with E-state index in [1.165, 1.54) is 28.7 Å². The highest BCUT2D eigenvalue weighted by atomic mass is 32.2. The molecule has 4 aromatic rings. The van der Waals surface area contributed by atoms with E-state index in [4.69, 9.17) is 0 Å². The van der Waals surface area contributed by atoms with E-state index in [-0.39, 0.29) is 11.7 Å². The Morgan fingerprint density at radius 3 is 2.47 bits per heavy atom. The maximum atomic E-state index is 13.2. The molecule has 160 valence electrons. The van der Waals surface area contributed by atoms with Crippen LogP contribution in [0.5, 0.6) is 0 Å². The maximum Gasteiger partial charge on any atom is 0.248 e. The fraction of sp³-hybridized carbons (Fsp3) is 0.0769. The van der Waals surface area contributed by atoms with Crippen molar-refractivity contribution in [2.24, 2.45) is 7.05 Å². The van der Waals surface area contributed by atoms with Crippen LogP contribution in [-0.2, 0) is 17.6 Å². The Balaban J connectivity index is 1.37. The molecule has 0 spiro atoms. The molecule has 0 aliphatic rings. The number of aryl methyl sites for hydroxylation is 1. The molecule has 0 saturated heterocycles. The van der Waals surface area contributed by atoms with Gasteiger partial charge in [-0.25, -0.2) is 4.39 Å². The van der Waals surface area contributed by atoms with Gasteiger partial charge in [-0.3, -0.25) is 9.48 Å². The van der Waals surface area contributed by atoms with Gasteiger partial charge in [-0.1, -0.05) is 30.3 Å². The molecule has 6 heteroatoms. The van der Waals surface area contributed by atoms with E-state index in [0.29, 0.717) is 0 Å². The van der Waals surface area contributed by atoms with Crippen LogP contribution in [0.3, 0.4) is 0 Å². The molecule has 0 unspecified atom stereocenters. The molecular weight excluding hydrogens is 421 g/mol. The van der Waals surface area contributed by atoms with Crippen LogP contribution in [0.4, 0.5) is 10.1 Å². The summed E-state index contributed by atoms with van der Waals surface area (Å²) in [7, 11) is 1.81. The highest BCUT2D eigenvalue weighted by Gasteiger charge is 2.09. The predicted octanol–water partition coefficient (Wildman–Crippen LogP) is 6.17. The molecule has 32 heavy (non-hydrogen) atoms. The zero-order chi connectivity index (χ0) is 22.3. The van der Waals surface area contributed by atoms with E-state index in [1.807, 2.05) is 49.5 Å². The van der Waals surface area contributed by atoms with Crippen molar-refractivity contribution in [1.82, 2.24) is 9.78 Å². The molecule has 3 aromatic carbocycles. The standard InChI is InChI=1S/C26H22FN3OS/c1-30-26(20-9-12-22(27)13-10-20)21(17-28-30)11-16-25(31)29-23-14-7-19(8-15-23)18-32-24-5-3-2-4-6-24/h2-17H,18H2,1H3,(H,29,31)/b16-11+. The summed E-state index contributed by atoms with van der Waals surface area (Å²) in [6.45, 7) is 0. The number of rotatable bonds is 7. The minimum Gasteiger partial charge on any atom is -0.323 e. The first-order chi connectivity index (χ1) is 15.6. The van der Waals surface area contributed by atoms with Gasteiger partial charge in [0.1, 0.15) is 5.82 Å². The van der Waals surface area contributed by atoms with Crippen molar-refractivity contribution in [3.05, 3.63) is 108 Å². The number of nitrogens with zero attached hydrogens (tertiary/aromatic N) is 2. The fourth-order valence-electron chi connectivity index (χ4n) is 3.25. The molecule has 1 amide bonds. The Morgan fingerprint density at radius 2 is 1.75 bits per heavy atom. The molecule has 0 aliphatic heterocycles. The van der Waals surface area contributed by atoms with Crippen molar-refractivity contribution in [2.75, 3.05) is 5.32 Å². The summed E-state index contributed by atoms with van der Waals surface area (Å²) in [5.41, 5.74) is 4.34. The van der Waals surface area contributed by atoms with E-state index in [2.05, 4.69) is 22.5 Å². The molecule has 0 atom stereocenters. The van der Waals surface area contributed by atoms with Gasteiger partial charge in [0.05, 0.1) is 11.9 Å². The Labute approximate surface area is 190 Å². The topological polar surface area (TPSA) is 46.9 Å². The van der Waals surface area contributed by atoms with Crippen LogP contribution in [0, 0.1) is 5.82 Å². The minimum absolute atomic E-state index is 0.231. The quantitative estimate of drug-likeness (QED) is 0.274. The second kappa shape index (κ2) is 10.1. The lowest BCUT2D eigenvalue weighted by molar-refractivity contribution is -0.111. The van der Waals surface area contributed by atoms with Crippen LogP contribution in [0.15, 0.2) is 96.0 Å². The highest BCUT2D eigenvalue weighted by Crippen LogP contribution is 2.25. The molecule has 1 aromatic heterocycles. The summed E-state index contributed by atoms with van der Waals surface area (Å²) in [5.74, 6) is 0.341. The number of aromatic nitrogens is 2. The van der Waals surface area contributed by atoms with Crippen LogP contribution in [0.2, 0.25) is 0 Å². The third-order valence-corrected chi connectivity index (χ3v) is 5.95. The van der Waals surface area contributed by atoms with Gasteiger partial charge >= 0.3 is 0 Å². The zero-order valence-electron chi connectivity index (χ0n) is 17.5. The number of benzene rings is 3. The van der Waals surface area contributed by atoms with Crippen LogP contribution < -0.4 is 5.32 Å². The van der Waals surface area contributed by atoms with Gasteiger partial charge in [-0.2, -0.15) is 5.10 Å². The molecule has 0 bridgehead atoms. The SMILES string of the molecule is Cn1ncc(/C=C/C(=O)Nc2ccc(CSc3ccccc3)cc2)c1-c1ccc(F)cc1. The van der Waals surface area contributed by atoms with E-state index < -0.39 is 0 Å². The first kappa shape index (κ1) is 21.6. The summed E-state index contributed by atoms with van der Waals surface area (Å²) < 4.78 is 15.0. The van der Waals surface area contributed by atoms with Crippen molar-refractivity contribution in [1.29, 1.82) is 0 Å². The smallest absolute Gasteiger partial charge is 0.248 e. The van der Waals surface area contributed by atoms with Gasteiger partial charge in [-0.15, -0.1) is 11.8 Å². The van der Waals surface area contributed by atoms with E-state index in [0.717, 1.165) is 28.3 Å². The normalized spacial score (nSPS) is 11.1. The lowest BCUT2D eigenvalue weighted by Gasteiger charge is -2.06. The van der Waals surface area contributed by atoms with Gasteiger partial charge in [0.2, 0.25) is 5.91 Å². The second-order valence-electron chi connectivity index (χ2n) is 7.20. The monoisotopic (exact) mass is 443 g/mol. The predicted molar refractivity (Wildman–Crippen MR) is 129 cm³/mol. The molecule has 4 nitrogen and oxygen atoms in total. The van der Waals surface area contributed by atoms with Crippen LogP contribution >= 0.6 is 11.8 Å². The third kappa shape index (κ3) is 5.53. The van der Waals surface area contributed by atoms with E-state index >= 15 is 0 Å². The van der Waals surface area contributed by atoms with Crippen molar-refractivity contribution < 1.29 is 9.18 Å². The first-order valence-corrected chi connectivity index (χ1v) is 11.1. The van der Waals surface area contributed by atoms with Crippen molar-refractivity contribution >= 4 is 29.4 Å². The van der Waals surface area contributed by atoms with E-state index in [1.54, 1.807) is 40.8 Å². The average Bonchev–Trinajstić information content (AvgIpc) is 3.19. The Hall–Kier alpha value is -3.64. The summed E-state index contributed by atoms with van der Waals surface area (Å²) in [6.07, 6.45) is 4.87. The Kier molecular flexibility index (Phi) is 6.82. The lowest BCUT2D eigenvalue weighted by atomic mass is 10.1. The summed E-state index contributed by atoms with van der Waals surface area (Å²) in [5, 5.41) is 7.14. The number of amides is 1. The van der Waals surface area contributed by atoms with Gasteiger partial charge in [0.15, 0.2) is 0 Å². The van der Waals surface area contributed by atoms with Crippen molar-refractivity contribution in [3.8, 4) is 11.3 Å². The number of hydrogen-bond acceptors (Lipinski definition) is 3. The van der Waals surface area contributed by atoms with Gasteiger partial charge in [0, 0.05) is 40.6 Å². The molecule has 4 rings (SSSR count). The largest absolute Gasteiger partial charge is 0.323 e. The molecule has 0 fully saturated rings. The number of nitrogens with one attached hydrogen (secondary N) is 1. The lowest BCUT2D eigenvalue weighted by Crippen LogP contribution is -2.07. The van der Waals surface area contributed by atoms with Crippen LogP contribution in [-0.4, -0.2) is 15.7 Å². The molecule has 1 heterocycles. The fourth-order valence-corrected chi connectivity index (χ4v) is 4.13. The van der Waals surface area contributed by atoms with Gasteiger partial charge in [0.25, 0.3) is 0 Å². The highest BCUT2D eigenvalue weighted by molar-refractivity contribution is 7.98. The Morgan fingerprint density at radius 1 is 1.03 bits per heavy atom. The average molecular weight is 444 g/mol. The summed E-state index contributed by atoms with van der Waals surface area (Å²) in [6, 6.07) is 24.3. The molecule has 0 saturated carbocycles. The molecule has 0 aliphatic carbocycles. The molecule has 0 radical (unpaired) electrons. The molecular formula is C26H22FN3OS. The number of anilines is 1.